The number of fused-ring (bicyclic) bond motifs is 6. The molecular formula is C46H70O17. The monoisotopic (exact) mass is 894 g/mol. The van der Waals surface area contributed by atoms with Gasteiger partial charge in [0.1, 0.15) is 67.1 Å². The maximum absolute atomic E-state index is 14.0. The van der Waals surface area contributed by atoms with Crippen LogP contribution in [0, 0.1) is 44.8 Å². The summed E-state index contributed by atoms with van der Waals surface area (Å²) in [6.07, 6.45) is -14.2. The second-order valence-corrected chi connectivity index (χ2v) is 22.5. The van der Waals surface area contributed by atoms with Crippen LogP contribution in [0.4, 0.5) is 0 Å². The van der Waals surface area contributed by atoms with Gasteiger partial charge in [-0.2, -0.15) is 0 Å². The summed E-state index contributed by atoms with van der Waals surface area (Å²) >= 11 is 0. The molecule has 0 aromatic heterocycles. The number of epoxide rings is 1. The minimum absolute atomic E-state index is 0.0260. The minimum atomic E-state index is -1.78. The molecule has 8 N–H and O–H groups in total. The van der Waals surface area contributed by atoms with Crippen LogP contribution in [0.5, 0.6) is 0 Å². The molecule has 0 amide bonds. The lowest BCUT2D eigenvalue weighted by atomic mass is 9.31. The van der Waals surface area contributed by atoms with E-state index in [9.17, 15) is 45.6 Å². The van der Waals surface area contributed by atoms with Crippen LogP contribution in [-0.2, 0) is 42.7 Å². The molecule has 10 rings (SSSR count). The molecule has 5 aliphatic carbocycles. The van der Waals surface area contributed by atoms with Gasteiger partial charge in [0, 0.05) is 11.3 Å². The fourth-order valence-corrected chi connectivity index (χ4v) is 15.9. The van der Waals surface area contributed by atoms with E-state index in [0.717, 1.165) is 51.4 Å². The molecule has 5 heterocycles. The van der Waals surface area contributed by atoms with Gasteiger partial charge in [-0.05, 0) is 92.8 Å². The maximum Gasteiger partial charge on any atom is 0.313 e. The summed E-state index contributed by atoms with van der Waals surface area (Å²) in [4.78, 5) is 14.0. The first-order valence-corrected chi connectivity index (χ1v) is 23.4. The Bertz CT molecular complexity index is 1820. The largest absolute Gasteiger partial charge is 0.455 e. The van der Waals surface area contributed by atoms with Gasteiger partial charge in [-0.1, -0.05) is 46.8 Å². The van der Waals surface area contributed by atoms with Crippen molar-refractivity contribution in [1.29, 1.82) is 0 Å². The molecule has 25 atom stereocenters. The van der Waals surface area contributed by atoms with E-state index in [4.69, 9.17) is 37.9 Å². The second kappa shape index (κ2) is 15.1. The molecule has 10 fully saturated rings. The molecule has 63 heavy (non-hydrogen) atoms. The van der Waals surface area contributed by atoms with Crippen LogP contribution >= 0.6 is 0 Å². The lowest BCUT2D eigenvalue weighted by molar-refractivity contribution is -0.385. The van der Waals surface area contributed by atoms with E-state index in [1.54, 1.807) is 0 Å². The number of allylic oxidation sites excluding steroid dienone is 1. The van der Waals surface area contributed by atoms with Crippen LogP contribution in [0.2, 0.25) is 0 Å². The van der Waals surface area contributed by atoms with Gasteiger partial charge in [-0.25, -0.2) is 0 Å². The molecule has 17 nitrogen and oxygen atoms in total. The Hall–Kier alpha value is -1.39. The quantitative estimate of drug-likeness (QED) is 0.0752. The summed E-state index contributed by atoms with van der Waals surface area (Å²) in [6.45, 7) is 16.6. The highest BCUT2D eigenvalue weighted by Crippen LogP contribution is 2.83. The van der Waals surface area contributed by atoms with Gasteiger partial charge in [0.15, 0.2) is 24.5 Å². The molecule has 0 radical (unpaired) electrons. The number of aliphatic hydroxyl groups is 8. The van der Waals surface area contributed by atoms with Crippen molar-refractivity contribution in [3.05, 3.63) is 12.2 Å². The van der Waals surface area contributed by atoms with Crippen molar-refractivity contribution in [2.45, 2.75) is 209 Å². The molecule has 0 aromatic carbocycles. The Kier molecular flexibility index (Phi) is 10.8. The Labute approximate surface area is 368 Å². The molecule has 5 aliphatic heterocycles. The fraction of sp³-hybridized carbons (Fsp3) is 0.935. The van der Waals surface area contributed by atoms with E-state index in [1.807, 2.05) is 0 Å². The molecule has 356 valence electrons. The summed E-state index contributed by atoms with van der Waals surface area (Å²) < 4.78 is 49.9. The minimum Gasteiger partial charge on any atom is -0.455 e. The van der Waals surface area contributed by atoms with E-state index in [2.05, 4.69) is 41.2 Å². The molecule has 0 aromatic rings. The first kappa shape index (κ1) is 45.4. The van der Waals surface area contributed by atoms with E-state index >= 15 is 0 Å². The van der Waals surface area contributed by atoms with E-state index in [0.29, 0.717) is 6.42 Å². The predicted octanol–water partition coefficient (Wildman–Crippen LogP) is 0.565. The van der Waals surface area contributed by atoms with Crippen LogP contribution in [0.3, 0.4) is 0 Å². The zero-order valence-corrected chi connectivity index (χ0v) is 37.3. The summed E-state index contributed by atoms with van der Waals surface area (Å²) in [6, 6.07) is 0. The lowest BCUT2D eigenvalue weighted by Crippen LogP contribution is -2.74. The Morgan fingerprint density at radius 3 is 2.19 bits per heavy atom. The Balaban J connectivity index is 0.865. The highest BCUT2D eigenvalue weighted by molar-refractivity contribution is 5.82. The smallest absolute Gasteiger partial charge is 0.313 e. The molecule has 10 aliphatic rings. The lowest BCUT2D eigenvalue weighted by Gasteiger charge is -2.72. The normalized spacial score (nSPS) is 59.3. The van der Waals surface area contributed by atoms with Crippen molar-refractivity contribution in [1.82, 2.24) is 0 Å². The zero-order chi connectivity index (χ0) is 45.1. The number of carbonyl (C=O) groups excluding carboxylic acids is 1. The summed E-state index contributed by atoms with van der Waals surface area (Å²) in [5.74, 6) is 0.461. The number of rotatable bonds is 7. The van der Waals surface area contributed by atoms with Gasteiger partial charge >= 0.3 is 5.97 Å². The fourth-order valence-electron chi connectivity index (χ4n) is 15.9. The van der Waals surface area contributed by atoms with Gasteiger partial charge in [0.05, 0.1) is 36.9 Å². The average molecular weight is 895 g/mol. The van der Waals surface area contributed by atoms with Crippen LogP contribution in [0.1, 0.15) is 99.3 Å². The van der Waals surface area contributed by atoms with Crippen LogP contribution in [0.25, 0.3) is 0 Å². The second-order valence-electron chi connectivity index (χ2n) is 22.5. The Morgan fingerprint density at radius 2 is 1.46 bits per heavy atom. The van der Waals surface area contributed by atoms with Crippen molar-refractivity contribution >= 4 is 5.97 Å². The predicted molar refractivity (Wildman–Crippen MR) is 216 cm³/mol. The molecule has 5 saturated carbocycles. The highest BCUT2D eigenvalue weighted by Gasteiger charge is 2.89. The summed E-state index contributed by atoms with van der Waals surface area (Å²) in [5, 5.41) is 86.2. The number of esters is 1. The van der Waals surface area contributed by atoms with Crippen molar-refractivity contribution in [3.8, 4) is 0 Å². The van der Waals surface area contributed by atoms with Crippen molar-refractivity contribution in [3.63, 3.8) is 0 Å². The van der Waals surface area contributed by atoms with Crippen molar-refractivity contribution < 1.29 is 83.5 Å². The zero-order valence-electron chi connectivity index (χ0n) is 37.3. The third-order valence-electron chi connectivity index (χ3n) is 19.5. The molecule has 5 saturated heterocycles. The first-order valence-electron chi connectivity index (χ1n) is 23.4. The summed E-state index contributed by atoms with van der Waals surface area (Å²) in [7, 11) is 0. The molecular weight excluding hydrogens is 824 g/mol. The standard InChI is InChI=1S/C46H70O17/c1-19-8-13-45-15-14-44(7)43(6)12-9-23-41(3,4)25(10-11-42(23,5)35(43)34-36(60-34)46(44,24(45)16-19)63-40(45)55)59-37-31(54)32(21(48)18-56-37)61-39-33(29(52)27(50)22(17-47)58-39)62-38-30(53)28(51)26(49)20(2)57-38/h20-39,47-54H,1,8-18H2,2-7H3/t20-,21+,22+,23+,24-,25-,26-,27+,28+,29-,30+,31+,32-,33+,34-,35+,36-,37-,38-,39-,42-,43+,44-,45-,46+/m0/s1. The number of aliphatic hydroxyl groups excluding tert-OH is 8. The van der Waals surface area contributed by atoms with Gasteiger partial charge in [-0.15, -0.1) is 0 Å². The first-order chi connectivity index (χ1) is 29.6. The number of carbonyl (C=O) groups is 1. The van der Waals surface area contributed by atoms with Gasteiger partial charge in [0.2, 0.25) is 0 Å². The molecule has 0 unspecified atom stereocenters. The van der Waals surface area contributed by atoms with Gasteiger partial charge < -0.3 is 78.7 Å². The topological polar surface area (TPSA) is 256 Å². The number of hydrogen-bond donors (Lipinski definition) is 8. The van der Waals surface area contributed by atoms with Crippen LogP contribution in [-0.4, -0.2) is 170 Å². The van der Waals surface area contributed by atoms with Crippen LogP contribution in [0.15, 0.2) is 12.2 Å². The molecule has 2 bridgehead atoms. The summed E-state index contributed by atoms with van der Waals surface area (Å²) in [5.41, 5.74) is -0.925. The van der Waals surface area contributed by atoms with E-state index in [1.165, 1.54) is 12.5 Å². The SMILES string of the molecule is C=C1CC[C@@]23CC[C@]4(C)[C@](OC2=O)([C@H]2O[C@H]2[C@@H]2[C@@]5(C)CC[C@H](O[C@@H]6OC[C@@H](O)[C@H](O[C@@H]7O[C@H](CO)[C@@H](O)[C@H](O)[C@H]7O[C@@H]7O[C@@H](C)[C@H](O)[C@@H](O)[C@H]7O)[C@H]6O)C(C)(C)[C@H]5CC[C@]24C)[C@H]3C1. The third kappa shape index (κ3) is 6.04. The van der Waals surface area contributed by atoms with Crippen molar-refractivity contribution in [2.24, 2.45) is 44.8 Å². The highest BCUT2D eigenvalue weighted by atomic mass is 16.8. The molecule has 1 spiro atoms. The average Bonchev–Trinajstić information content (AvgIpc) is 3.99. The van der Waals surface area contributed by atoms with Crippen molar-refractivity contribution in [2.75, 3.05) is 13.2 Å². The number of hydrogen-bond acceptors (Lipinski definition) is 17. The van der Waals surface area contributed by atoms with E-state index in [-0.39, 0.29) is 64.9 Å². The Morgan fingerprint density at radius 1 is 0.730 bits per heavy atom. The van der Waals surface area contributed by atoms with Gasteiger partial charge in [0.25, 0.3) is 0 Å². The third-order valence-corrected chi connectivity index (χ3v) is 19.5. The molecule has 17 heteroatoms. The van der Waals surface area contributed by atoms with E-state index < -0.39 is 109 Å². The number of ether oxygens (including phenoxy) is 8. The van der Waals surface area contributed by atoms with Gasteiger partial charge in [-0.3, -0.25) is 4.79 Å². The maximum atomic E-state index is 14.0. The van der Waals surface area contributed by atoms with Crippen LogP contribution < -0.4 is 0 Å².